The van der Waals surface area contributed by atoms with Crippen LogP contribution in [0.25, 0.3) is 11.3 Å². The third kappa shape index (κ3) is 7.25. The minimum absolute atomic E-state index is 0.0180. The smallest absolute Gasteiger partial charge is 0.253 e. The lowest BCUT2D eigenvalue weighted by molar-refractivity contribution is 0.0627. The number of hydrogen-bond donors (Lipinski definition) is 2. The second-order valence-electron chi connectivity index (χ2n) is 10.1. The first-order chi connectivity index (χ1) is 19.8. The molecule has 0 saturated carbocycles. The van der Waals surface area contributed by atoms with Crippen LogP contribution in [-0.2, 0) is 14.8 Å². The number of likely N-dealkylation sites (N-methyl/N-ethyl adjacent to an activating group) is 1. The summed E-state index contributed by atoms with van der Waals surface area (Å²) in [5.41, 5.74) is 2.81. The molecule has 2 aliphatic heterocycles. The molecule has 1 aromatic heterocycles. The minimum atomic E-state index is -3.56. The molecule has 41 heavy (non-hydrogen) atoms. The maximum atomic E-state index is 13.0. The van der Waals surface area contributed by atoms with Crippen molar-refractivity contribution in [2.45, 2.75) is 4.90 Å². The van der Waals surface area contributed by atoms with E-state index < -0.39 is 10.0 Å². The first kappa shape index (κ1) is 29.0. The molecule has 0 aliphatic carbocycles. The van der Waals surface area contributed by atoms with Gasteiger partial charge in [0.05, 0.1) is 23.8 Å². The summed E-state index contributed by atoms with van der Waals surface area (Å²) in [6.45, 7) is 6.23. The first-order valence-corrected chi connectivity index (χ1v) is 15.1. The quantitative estimate of drug-likeness (QED) is 0.283. The zero-order valence-electron chi connectivity index (χ0n) is 23.1. The molecule has 2 fully saturated rings. The van der Waals surface area contributed by atoms with Crippen molar-refractivity contribution < 1.29 is 17.9 Å². The van der Waals surface area contributed by atoms with Crippen LogP contribution in [0.15, 0.2) is 65.7 Å². The van der Waals surface area contributed by atoms with Crippen LogP contribution in [-0.4, -0.2) is 116 Å². The molecule has 3 heterocycles. The molecule has 3 aromatic rings. The van der Waals surface area contributed by atoms with Gasteiger partial charge in [0.1, 0.15) is 0 Å². The van der Waals surface area contributed by atoms with Crippen LogP contribution in [0.4, 0.5) is 11.6 Å². The monoisotopic (exact) mass is 580 g/mol. The number of hydrazine groups is 1. The zero-order chi connectivity index (χ0) is 28.8. The molecule has 0 spiro atoms. The zero-order valence-corrected chi connectivity index (χ0v) is 24.0. The fourth-order valence-corrected chi connectivity index (χ4v) is 6.20. The van der Waals surface area contributed by atoms with Crippen LogP contribution in [0.2, 0.25) is 0 Å². The molecule has 3 N–H and O–H groups in total. The van der Waals surface area contributed by atoms with E-state index in [9.17, 15) is 13.2 Å². The van der Waals surface area contributed by atoms with Gasteiger partial charge in [-0.3, -0.25) is 15.5 Å². The molecule has 2 saturated heterocycles. The third-order valence-corrected chi connectivity index (χ3v) is 9.14. The van der Waals surface area contributed by atoms with Gasteiger partial charge in [0.2, 0.25) is 16.0 Å². The Labute approximate surface area is 240 Å². The maximum absolute atomic E-state index is 13.0. The van der Waals surface area contributed by atoms with Gasteiger partial charge >= 0.3 is 0 Å². The fraction of sp³-hybridized carbons (Fsp3) is 0.393. The first-order valence-electron chi connectivity index (χ1n) is 13.7. The molecular formula is C28H36N8O4S. The van der Waals surface area contributed by atoms with Gasteiger partial charge in [0.25, 0.3) is 5.91 Å². The molecule has 0 bridgehead atoms. The Kier molecular flexibility index (Phi) is 9.22. The number of rotatable bonds is 9. The molecule has 5 rings (SSSR count). The van der Waals surface area contributed by atoms with Crippen LogP contribution in [0.5, 0.6) is 0 Å². The van der Waals surface area contributed by atoms with Crippen molar-refractivity contribution in [1.82, 2.24) is 29.1 Å². The summed E-state index contributed by atoms with van der Waals surface area (Å²) in [6.07, 6.45) is 1.64. The molecule has 0 radical (unpaired) electrons. The molecule has 1 amide bonds. The summed E-state index contributed by atoms with van der Waals surface area (Å²) in [7, 11) is -1.71. The molecule has 13 heteroatoms. The van der Waals surface area contributed by atoms with Gasteiger partial charge < -0.3 is 15.0 Å². The van der Waals surface area contributed by atoms with Crippen molar-refractivity contribution >= 4 is 27.6 Å². The van der Waals surface area contributed by atoms with Gasteiger partial charge in [0.15, 0.2) is 0 Å². The number of aromatic nitrogens is 2. The second kappa shape index (κ2) is 13.0. The fourth-order valence-electron chi connectivity index (χ4n) is 4.79. The van der Waals surface area contributed by atoms with Crippen molar-refractivity contribution in [1.29, 1.82) is 0 Å². The number of sulfonamides is 1. The van der Waals surface area contributed by atoms with Gasteiger partial charge in [-0.1, -0.05) is 12.1 Å². The number of benzene rings is 2. The average Bonchev–Trinajstić information content (AvgIpc) is 3.01. The number of nitrogens with zero attached hydrogens (tertiary/aromatic N) is 6. The van der Waals surface area contributed by atoms with E-state index in [-0.39, 0.29) is 10.8 Å². The van der Waals surface area contributed by atoms with Gasteiger partial charge in [-0.05, 0) is 42.5 Å². The van der Waals surface area contributed by atoms with Crippen LogP contribution < -0.4 is 11.2 Å². The van der Waals surface area contributed by atoms with Crippen molar-refractivity contribution in [3.63, 3.8) is 0 Å². The highest BCUT2D eigenvalue weighted by Crippen LogP contribution is 2.24. The predicted octanol–water partition coefficient (Wildman–Crippen LogP) is 1.47. The van der Waals surface area contributed by atoms with Crippen molar-refractivity contribution in [2.24, 2.45) is 5.84 Å². The SMILES string of the molecule is CN(N)CCN1CCN(C(=O)c2ccc(Nc3nccc(-c4ccc(S(=O)(=O)N5CCOCC5)cc4)n3)cc2)CC1. The van der Waals surface area contributed by atoms with E-state index in [1.54, 1.807) is 53.7 Å². The summed E-state index contributed by atoms with van der Waals surface area (Å²) in [5.74, 6) is 6.11. The Bertz CT molecular complexity index is 1420. The van der Waals surface area contributed by atoms with Gasteiger partial charge in [-0.25, -0.2) is 23.4 Å². The van der Waals surface area contributed by atoms with E-state index in [4.69, 9.17) is 10.6 Å². The highest BCUT2D eigenvalue weighted by Gasteiger charge is 2.26. The Morgan fingerprint density at radius 2 is 1.66 bits per heavy atom. The minimum Gasteiger partial charge on any atom is -0.379 e. The third-order valence-electron chi connectivity index (χ3n) is 7.23. The van der Waals surface area contributed by atoms with Crippen LogP contribution in [0.1, 0.15) is 10.4 Å². The molecule has 0 atom stereocenters. The van der Waals surface area contributed by atoms with Crippen molar-refractivity contribution in [3.05, 3.63) is 66.4 Å². The molecular weight excluding hydrogens is 544 g/mol. The van der Waals surface area contributed by atoms with Gasteiger partial charge in [0, 0.05) is 82.4 Å². The summed E-state index contributed by atoms with van der Waals surface area (Å²) < 4.78 is 32.5. The number of piperazine rings is 1. The van der Waals surface area contributed by atoms with Gasteiger partial charge in [-0.15, -0.1) is 0 Å². The van der Waals surface area contributed by atoms with Crippen molar-refractivity contribution in [3.8, 4) is 11.3 Å². The normalized spacial score (nSPS) is 17.1. The number of nitrogens with two attached hydrogens (primary N) is 1. The number of carbonyl (C=O) groups excluding carboxylic acids is 1. The van der Waals surface area contributed by atoms with Gasteiger partial charge in [-0.2, -0.15) is 4.31 Å². The van der Waals surface area contributed by atoms with Crippen molar-refractivity contribution in [2.75, 3.05) is 77.9 Å². The van der Waals surface area contributed by atoms with E-state index in [1.807, 2.05) is 24.1 Å². The Morgan fingerprint density at radius 3 is 2.32 bits per heavy atom. The lowest BCUT2D eigenvalue weighted by atomic mass is 10.1. The predicted molar refractivity (Wildman–Crippen MR) is 156 cm³/mol. The molecule has 0 unspecified atom stereocenters. The van der Waals surface area contributed by atoms with Crippen LogP contribution in [0.3, 0.4) is 0 Å². The van der Waals surface area contributed by atoms with E-state index in [0.717, 1.165) is 37.4 Å². The summed E-state index contributed by atoms with van der Waals surface area (Å²) in [6, 6.07) is 15.7. The number of amides is 1. The average molecular weight is 581 g/mol. The number of carbonyl (C=O) groups is 1. The summed E-state index contributed by atoms with van der Waals surface area (Å²) >= 11 is 0. The number of hydrogen-bond acceptors (Lipinski definition) is 10. The maximum Gasteiger partial charge on any atom is 0.253 e. The lowest BCUT2D eigenvalue weighted by Gasteiger charge is -2.35. The largest absolute Gasteiger partial charge is 0.379 e. The summed E-state index contributed by atoms with van der Waals surface area (Å²) in [5, 5.41) is 4.86. The topological polar surface area (TPSA) is 137 Å². The standard InChI is InChI=1S/C28H36N8O4S/c1-33(29)12-13-34-14-16-35(17-15-34)27(37)23-2-6-24(7-3-23)31-28-30-11-10-26(32-28)22-4-8-25(9-5-22)41(38,39)36-18-20-40-21-19-36/h2-11H,12-21,29H2,1H3,(H,30,31,32). The number of anilines is 2. The van der Waals surface area contributed by atoms with E-state index in [2.05, 4.69) is 20.2 Å². The number of nitrogens with one attached hydrogen (secondary N) is 1. The Hall–Kier alpha value is -3.46. The molecule has 218 valence electrons. The second-order valence-corrected chi connectivity index (χ2v) is 12.1. The van der Waals surface area contributed by atoms with E-state index in [1.165, 1.54) is 4.31 Å². The Balaban J connectivity index is 1.19. The highest BCUT2D eigenvalue weighted by molar-refractivity contribution is 7.89. The Morgan fingerprint density at radius 1 is 0.976 bits per heavy atom. The van der Waals surface area contributed by atoms with Crippen LogP contribution in [0, 0.1) is 0 Å². The molecule has 2 aliphatic rings. The number of ether oxygens (including phenoxy) is 1. The van der Waals surface area contributed by atoms with E-state index in [0.29, 0.717) is 56.6 Å². The van der Waals surface area contributed by atoms with Crippen LogP contribution >= 0.6 is 0 Å². The molecule has 2 aromatic carbocycles. The molecule has 12 nitrogen and oxygen atoms in total. The highest BCUT2D eigenvalue weighted by atomic mass is 32.2. The van der Waals surface area contributed by atoms with E-state index >= 15 is 0 Å². The number of morpholine rings is 1. The lowest BCUT2D eigenvalue weighted by Crippen LogP contribution is -2.50. The summed E-state index contributed by atoms with van der Waals surface area (Å²) in [4.78, 5) is 26.4.